The normalized spacial score (nSPS) is 10.2. The van der Waals surface area contributed by atoms with E-state index in [1.165, 1.54) is 0 Å². The summed E-state index contributed by atoms with van der Waals surface area (Å²) in [4.78, 5) is 8.19. The van der Waals surface area contributed by atoms with E-state index >= 15 is 0 Å². The molecule has 0 bridgehead atoms. The zero-order valence-corrected chi connectivity index (χ0v) is 7.31. The second kappa shape index (κ2) is 2.90. The van der Waals surface area contributed by atoms with Crippen molar-refractivity contribution in [3.8, 4) is 11.3 Å². The summed E-state index contributed by atoms with van der Waals surface area (Å²) in [5.74, 6) is 0.660. The van der Waals surface area contributed by atoms with Crippen molar-refractivity contribution in [1.29, 1.82) is 0 Å². The van der Waals surface area contributed by atoms with Gasteiger partial charge < -0.3 is 10.3 Å². The van der Waals surface area contributed by atoms with E-state index in [0.29, 0.717) is 5.82 Å². The SMILES string of the molecule is Cn1cnc(-c2cccnc2)c1N. The number of aryl methyl sites for hydroxylation is 1. The van der Waals surface area contributed by atoms with Gasteiger partial charge in [0.2, 0.25) is 0 Å². The maximum Gasteiger partial charge on any atom is 0.131 e. The number of nitrogens with two attached hydrogens (primary N) is 1. The Bertz CT molecular complexity index is 405. The molecule has 0 fully saturated rings. The van der Waals surface area contributed by atoms with Crippen LogP contribution in [-0.4, -0.2) is 14.5 Å². The van der Waals surface area contributed by atoms with Gasteiger partial charge in [-0.05, 0) is 12.1 Å². The van der Waals surface area contributed by atoms with Crippen molar-refractivity contribution in [3.05, 3.63) is 30.9 Å². The molecule has 0 atom stereocenters. The molecule has 66 valence electrons. The van der Waals surface area contributed by atoms with Crippen LogP contribution in [0.15, 0.2) is 30.9 Å². The van der Waals surface area contributed by atoms with Gasteiger partial charge in [0.1, 0.15) is 11.5 Å². The molecule has 0 aromatic carbocycles. The third kappa shape index (κ3) is 1.26. The van der Waals surface area contributed by atoms with Crippen molar-refractivity contribution < 1.29 is 0 Å². The highest BCUT2D eigenvalue weighted by Crippen LogP contribution is 2.21. The number of hydrogen-bond acceptors (Lipinski definition) is 3. The Morgan fingerprint density at radius 2 is 2.31 bits per heavy atom. The number of pyridine rings is 1. The van der Waals surface area contributed by atoms with Gasteiger partial charge in [-0.1, -0.05) is 0 Å². The smallest absolute Gasteiger partial charge is 0.131 e. The quantitative estimate of drug-likeness (QED) is 0.703. The topological polar surface area (TPSA) is 56.7 Å². The number of anilines is 1. The largest absolute Gasteiger partial charge is 0.383 e. The van der Waals surface area contributed by atoms with Gasteiger partial charge in [0.25, 0.3) is 0 Å². The summed E-state index contributed by atoms with van der Waals surface area (Å²) in [6.45, 7) is 0. The van der Waals surface area contributed by atoms with Crippen molar-refractivity contribution >= 4 is 5.82 Å². The third-order valence-electron chi connectivity index (χ3n) is 1.92. The molecule has 2 aromatic rings. The Morgan fingerprint density at radius 1 is 1.46 bits per heavy atom. The predicted molar refractivity (Wildman–Crippen MR) is 50.9 cm³/mol. The fourth-order valence-corrected chi connectivity index (χ4v) is 1.16. The third-order valence-corrected chi connectivity index (χ3v) is 1.92. The molecule has 0 radical (unpaired) electrons. The van der Waals surface area contributed by atoms with Gasteiger partial charge in [0.05, 0.1) is 6.33 Å². The first-order valence-corrected chi connectivity index (χ1v) is 3.96. The first-order valence-electron chi connectivity index (χ1n) is 3.96. The standard InChI is InChI=1S/C9H10N4/c1-13-6-12-8(9(13)10)7-3-2-4-11-5-7/h2-6H,10H2,1H3. The number of hydrogen-bond donors (Lipinski definition) is 1. The molecule has 13 heavy (non-hydrogen) atoms. The lowest BCUT2D eigenvalue weighted by Crippen LogP contribution is -1.95. The lowest BCUT2D eigenvalue weighted by atomic mass is 10.2. The van der Waals surface area contributed by atoms with Gasteiger partial charge in [0, 0.05) is 25.0 Å². The molecule has 0 amide bonds. The van der Waals surface area contributed by atoms with Crippen molar-refractivity contribution in [3.63, 3.8) is 0 Å². The number of nitrogens with zero attached hydrogens (tertiary/aromatic N) is 3. The van der Waals surface area contributed by atoms with Crippen LogP contribution in [0.5, 0.6) is 0 Å². The summed E-state index contributed by atoms with van der Waals surface area (Å²) in [6, 6.07) is 3.80. The lowest BCUT2D eigenvalue weighted by molar-refractivity contribution is 0.925. The summed E-state index contributed by atoms with van der Waals surface area (Å²) >= 11 is 0. The summed E-state index contributed by atoms with van der Waals surface area (Å²) in [6.07, 6.45) is 5.17. The van der Waals surface area contributed by atoms with Gasteiger partial charge in [-0.15, -0.1) is 0 Å². The van der Waals surface area contributed by atoms with Gasteiger partial charge >= 0.3 is 0 Å². The Hall–Kier alpha value is -1.84. The molecule has 0 spiro atoms. The van der Waals surface area contributed by atoms with Crippen LogP contribution in [0.2, 0.25) is 0 Å². The lowest BCUT2D eigenvalue weighted by Gasteiger charge is -1.98. The maximum absolute atomic E-state index is 5.81. The molecule has 0 aliphatic rings. The molecule has 4 nitrogen and oxygen atoms in total. The summed E-state index contributed by atoms with van der Waals surface area (Å²) in [7, 11) is 1.86. The predicted octanol–water partition coefficient (Wildman–Crippen LogP) is 1.06. The molecular weight excluding hydrogens is 164 g/mol. The zero-order chi connectivity index (χ0) is 9.26. The first kappa shape index (κ1) is 7.79. The van der Waals surface area contributed by atoms with Crippen LogP contribution in [-0.2, 0) is 7.05 Å². The van der Waals surface area contributed by atoms with Crippen LogP contribution in [0.3, 0.4) is 0 Å². The van der Waals surface area contributed by atoms with Gasteiger partial charge in [-0.3, -0.25) is 4.98 Å². The van der Waals surface area contributed by atoms with E-state index in [0.717, 1.165) is 11.3 Å². The number of aromatic nitrogens is 3. The molecule has 4 heteroatoms. The summed E-state index contributed by atoms with van der Waals surface area (Å²) in [5.41, 5.74) is 7.54. The van der Waals surface area contributed by atoms with Crippen LogP contribution in [0.1, 0.15) is 0 Å². The molecule has 2 heterocycles. The molecule has 2 rings (SSSR count). The highest BCUT2D eigenvalue weighted by Gasteiger charge is 2.06. The maximum atomic E-state index is 5.81. The molecule has 2 aromatic heterocycles. The van der Waals surface area contributed by atoms with E-state index < -0.39 is 0 Å². The highest BCUT2D eigenvalue weighted by molar-refractivity contribution is 5.69. The second-order valence-electron chi connectivity index (χ2n) is 2.83. The van der Waals surface area contributed by atoms with Crippen LogP contribution < -0.4 is 5.73 Å². The Morgan fingerprint density at radius 3 is 2.85 bits per heavy atom. The van der Waals surface area contributed by atoms with Crippen molar-refractivity contribution in [2.24, 2.45) is 7.05 Å². The molecule has 0 aliphatic heterocycles. The van der Waals surface area contributed by atoms with Crippen LogP contribution >= 0.6 is 0 Å². The molecule has 0 saturated carbocycles. The van der Waals surface area contributed by atoms with E-state index in [-0.39, 0.29) is 0 Å². The zero-order valence-electron chi connectivity index (χ0n) is 7.31. The minimum atomic E-state index is 0.660. The van der Waals surface area contributed by atoms with E-state index in [1.807, 2.05) is 19.2 Å². The van der Waals surface area contributed by atoms with E-state index in [4.69, 9.17) is 5.73 Å². The monoisotopic (exact) mass is 174 g/mol. The van der Waals surface area contributed by atoms with Crippen molar-refractivity contribution in [2.45, 2.75) is 0 Å². The van der Waals surface area contributed by atoms with Crippen LogP contribution in [0.25, 0.3) is 11.3 Å². The van der Waals surface area contributed by atoms with E-state index in [1.54, 1.807) is 23.3 Å². The fourth-order valence-electron chi connectivity index (χ4n) is 1.16. The van der Waals surface area contributed by atoms with E-state index in [9.17, 15) is 0 Å². The number of nitrogen functional groups attached to an aromatic ring is 1. The number of imidazole rings is 1. The van der Waals surface area contributed by atoms with Gasteiger partial charge in [-0.25, -0.2) is 4.98 Å². The molecule has 0 unspecified atom stereocenters. The number of rotatable bonds is 1. The highest BCUT2D eigenvalue weighted by atomic mass is 15.1. The van der Waals surface area contributed by atoms with Crippen molar-refractivity contribution in [2.75, 3.05) is 5.73 Å². The second-order valence-corrected chi connectivity index (χ2v) is 2.83. The van der Waals surface area contributed by atoms with Crippen LogP contribution in [0, 0.1) is 0 Å². The Labute approximate surface area is 76.1 Å². The van der Waals surface area contributed by atoms with Gasteiger partial charge in [0.15, 0.2) is 0 Å². The van der Waals surface area contributed by atoms with Gasteiger partial charge in [-0.2, -0.15) is 0 Å². The average molecular weight is 174 g/mol. The average Bonchev–Trinajstić information content (AvgIpc) is 2.49. The fraction of sp³-hybridized carbons (Fsp3) is 0.111. The Balaban J connectivity index is 2.53. The first-order chi connectivity index (χ1) is 6.29. The molecule has 0 aliphatic carbocycles. The summed E-state index contributed by atoms with van der Waals surface area (Å²) < 4.78 is 1.78. The summed E-state index contributed by atoms with van der Waals surface area (Å²) in [5, 5.41) is 0. The Kier molecular flexibility index (Phi) is 1.73. The van der Waals surface area contributed by atoms with E-state index in [2.05, 4.69) is 9.97 Å². The van der Waals surface area contributed by atoms with Crippen molar-refractivity contribution in [1.82, 2.24) is 14.5 Å². The molecular formula is C9H10N4. The van der Waals surface area contributed by atoms with Crippen LogP contribution in [0.4, 0.5) is 5.82 Å². The minimum absolute atomic E-state index is 0.660. The minimum Gasteiger partial charge on any atom is -0.383 e. The molecule has 2 N–H and O–H groups in total. The molecule has 0 saturated heterocycles.